The van der Waals surface area contributed by atoms with Crippen molar-refractivity contribution in [1.29, 1.82) is 0 Å². The molecular weight excluding hydrogens is 364 g/mol. The topological polar surface area (TPSA) is 17.8 Å². The highest BCUT2D eigenvalue weighted by molar-refractivity contribution is 5.61. The van der Waals surface area contributed by atoms with Crippen LogP contribution in [0, 0.1) is 19.8 Å². The van der Waals surface area contributed by atoms with Gasteiger partial charge in [0.1, 0.15) is 5.82 Å². The van der Waals surface area contributed by atoms with E-state index in [9.17, 15) is 0 Å². The van der Waals surface area contributed by atoms with E-state index in [4.69, 9.17) is 0 Å². The second-order valence-electron chi connectivity index (χ2n) is 8.46. The average molecular weight is 397 g/mol. The van der Waals surface area contributed by atoms with Crippen LogP contribution >= 0.6 is 0 Å². The first-order valence-electron chi connectivity index (χ1n) is 10.7. The van der Waals surface area contributed by atoms with Crippen molar-refractivity contribution in [2.75, 3.05) is 0 Å². The Morgan fingerprint density at radius 3 is 1.87 bits per heavy atom. The zero-order valence-electron chi connectivity index (χ0n) is 18.8. The van der Waals surface area contributed by atoms with E-state index in [0.29, 0.717) is 0 Å². The highest BCUT2D eigenvalue weighted by Gasteiger charge is 2.13. The van der Waals surface area contributed by atoms with Crippen molar-refractivity contribution in [3.8, 4) is 17.1 Å². The zero-order valence-corrected chi connectivity index (χ0v) is 18.8. The molecule has 0 unspecified atom stereocenters. The summed E-state index contributed by atoms with van der Waals surface area (Å²) in [7, 11) is 0. The lowest BCUT2D eigenvalue weighted by molar-refractivity contribution is 0.737. The van der Waals surface area contributed by atoms with E-state index in [-0.39, 0.29) is 0 Å². The summed E-state index contributed by atoms with van der Waals surface area (Å²) in [6.07, 6.45) is 4.88. The Labute approximate surface area is 181 Å². The van der Waals surface area contributed by atoms with Gasteiger partial charge in [-0.05, 0) is 48.4 Å². The summed E-state index contributed by atoms with van der Waals surface area (Å²) in [6.45, 7) is 10.9. The standard InChI is InChI=1S/C24H22N2.C4H10/c1-18-15-21(17-20-9-5-3-6-10-20)16-19(2)23(18)26-14-13-25-24(26)22-11-7-4-8-12-22;1-4(2)3/h3-16H,17H2,1-2H3;4H,1-3H3. The number of benzene rings is 3. The molecule has 0 bridgehead atoms. The smallest absolute Gasteiger partial charge is 0.144 e. The average Bonchev–Trinajstić information content (AvgIpc) is 3.18. The van der Waals surface area contributed by atoms with Crippen LogP contribution in [-0.4, -0.2) is 9.55 Å². The fourth-order valence-electron chi connectivity index (χ4n) is 3.64. The van der Waals surface area contributed by atoms with Crippen LogP contribution in [0.2, 0.25) is 0 Å². The normalized spacial score (nSPS) is 10.6. The van der Waals surface area contributed by atoms with Gasteiger partial charge in [-0.3, -0.25) is 4.57 Å². The molecule has 0 amide bonds. The monoisotopic (exact) mass is 396 g/mol. The van der Waals surface area contributed by atoms with Crippen LogP contribution in [-0.2, 0) is 6.42 Å². The van der Waals surface area contributed by atoms with E-state index in [1.165, 1.54) is 27.9 Å². The third-order valence-corrected chi connectivity index (χ3v) is 4.72. The highest BCUT2D eigenvalue weighted by Crippen LogP contribution is 2.27. The van der Waals surface area contributed by atoms with Crippen molar-refractivity contribution in [3.05, 3.63) is 107 Å². The van der Waals surface area contributed by atoms with Gasteiger partial charge in [0.05, 0.1) is 5.69 Å². The van der Waals surface area contributed by atoms with Crippen LogP contribution in [0.15, 0.2) is 85.2 Å². The molecule has 0 aliphatic rings. The lowest BCUT2D eigenvalue weighted by Crippen LogP contribution is -2.03. The SMILES string of the molecule is CC(C)C.Cc1cc(Cc2ccccc2)cc(C)c1-n1ccnc1-c1ccccc1. The number of nitrogens with zero attached hydrogens (tertiary/aromatic N) is 2. The van der Waals surface area contributed by atoms with Crippen molar-refractivity contribution in [2.45, 2.75) is 41.0 Å². The minimum absolute atomic E-state index is 0.833. The van der Waals surface area contributed by atoms with Gasteiger partial charge in [0, 0.05) is 18.0 Å². The van der Waals surface area contributed by atoms with Gasteiger partial charge >= 0.3 is 0 Å². The second kappa shape index (κ2) is 10.1. The van der Waals surface area contributed by atoms with Crippen LogP contribution < -0.4 is 0 Å². The van der Waals surface area contributed by atoms with Gasteiger partial charge in [-0.1, -0.05) is 93.6 Å². The van der Waals surface area contributed by atoms with Gasteiger partial charge < -0.3 is 0 Å². The molecule has 4 rings (SSSR count). The number of aromatic nitrogens is 2. The number of hydrogen-bond acceptors (Lipinski definition) is 1. The molecule has 0 spiro atoms. The predicted octanol–water partition coefficient (Wildman–Crippen LogP) is 7.41. The maximum Gasteiger partial charge on any atom is 0.144 e. The van der Waals surface area contributed by atoms with Crippen LogP contribution in [0.25, 0.3) is 17.1 Å². The summed E-state index contributed by atoms with van der Waals surface area (Å²) in [5.74, 6) is 1.81. The summed E-state index contributed by atoms with van der Waals surface area (Å²) in [6, 6.07) is 25.6. The molecule has 4 aromatic rings. The molecule has 0 aliphatic heterocycles. The van der Waals surface area contributed by atoms with Crippen LogP contribution in [0.5, 0.6) is 0 Å². The van der Waals surface area contributed by atoms with Crippen molar-refractivity contribution in [1.82, 2.24) is 9.55 Å². The van der Waals surface area contributed by atoms with Gasteiger partial charge in [0.15, 0.2) is 0 Å². The molecule has 3 aromatic carbocycles. The molecule has 0 saturated carbocycles. The van der Waals surface area contributed by atoms with Gasteiger partial charge in [0.2, 0.25) is 0 Å². The first-order valence-corrected chi connectivity index (χ1v) is 10.7. The van der Waals surface area contributed by atoms with Gasteiger partial charge in [-0.25, -0.2) is 4.98 Å². The fraction of sp³-hybridized carbons (Fsp3) is 0.250. The molecular formula is C28H32N2. The summed E-state index contributed by atoms with van der Waals surface area (Å²) in [4.78, 5) is 4.60. The zero-order chi connectivity index (χ0) is 21.5. The minimum atomic E-state index is 0.833. The number of aryl methyl sites for hydroxylation is 2. The molecule has 0 atom stereocenters. The largest absolute Gasteiger partial charge is 0.299 e. The van der Waals surface area contributed by atoms with Crippen molar-refractivity contribution in [3.63, 3.8) is 0 Å². The summed E-state index contributed by atoms with van der Waals surface area (Å²) < 4.78 is 2.20. The summed E-state index contributed by atoms with van der Waals surface area (Å²) in [5, 5.41) is 0. The lowest BCUT2D eigenvalue weighted by Gasteiger charge is -2.16. The Bertz CT molecular complexity index is 1030. The fourth-order valence-corrected chi connectivity index (χ4v) is 3.64. The predicted molar refractivity (Wildman–Crippen MR) is 128 cm³/mol. The molecule has 154 valence electrons. The quantitative estimate of drug-likeness (QED) is 0.351. The molecule has 1 heterocycles. The Morgan fingerprint density at radius 2 is 1.30 bits per heavy atom. The van der Waals surface area contributed by atoms with E-state index >= 15 is 0 Å². The molecule has 0 radical (unpaired) electrons. The molecule has 0 saturated heterocycles. The minimum Gasteiger partial charge on any atom is -0.299 e. The van der Waals surface area contributed by atoms with Crippen molar-refractivity contribution >= 4 is 0 Å². The molecule has 0 fully saturated rings. The number of hydrogen-bond donors (Lipinski definition) is 0. The third-order valence-electron chi connectivity index (χ3n) is 4.72. The van der Waals surface area contributed by atoms with E-state index in [0.717, 1.165) is 23.7 Å². The van der Waals surface area contributed by atoms with Crippen LogP contribution in [0.4, 0.5) is 0 Å². The van der Waals surface area contributed by atoms with Gasteiger partial charge in [0.25, 0.3) is 0 Å². The summed E-state index contributed by atoms with van der Waals surface area (Å²) >= 11 is 0. The van der Waals surface area contributed by atoms with E-state index < -0.39 is 0 Å². The van der Waals surface area contributed by atoms with Crippen molar-refractivity contribution in [2.24, 2.45) is 5.92 Å². The van der Waals surface area contributed by atoms with Gasteiger partial charge in [-0.15, -0.1) is 0 Å². The Kier molecular flexibility index (Phi) is 7.24. The molecule has 2 nitrogen and oxygen atoms in total. The Hall–Kier alpha value is -3.13. The highest BCUT2D eigenvalue weighted by atomic mass is 15.1. The Balaban J connectivity index is 0.000000589. The molecule has 0 N–H and O–H groups in total. The number of imidazole rings is 1. The van der Waals surface area contributed by atoms with Crippen molar-refractivity contribution < 1.29 is 0 Å². The van der Waals surface area contributed by atoms with Gasteiger partial charge in [-0.2, -0.15) is 0 Å². The molecule has 30 heavy (non-hydrogen) atoms. The van der Waals surface area contributed by atoms with Crippen LogP contribution in [0.1, 0.15) is 43.0 Å². The lowest BCUT2D eigenvalue weighted by atomic mass is 9.98. The molecule has 0 aliphatic carbocycles. The maximum atomic E-state index is 4.60. The summed E-state index contributed by atoms with van der Waals surface area (Å²) in [5.41, 5.74) is 7.57. The molecule has 2 heteroatoms. The second-order valence-corrected chi connectivity index (χ2v) is 8.46. The maximum absolute atomic E-state index is 4.60. The molecule has 1 aromatic heterocycles. The van der Waals surface area contributed by atoms with E-state index in [2.05, 4.69) is 117 Å². The Morgan fingerprint density at radius 1 is 0.767 bits per heavy atom. The number of rotatable bonds is 4. The van der Waals surface area contributed by atoms with E-state index in [1.807, 2.05) is 12.3 Å². The third kappa shape index (κ3) is 5.48. The van der Waals surface area contributed by atoms with Crippen LogP contribution in [0.3, 0.4) is 0 Å². The first kappa shape index (κ1) is 21.6. The van der Waals surface area contributed by atoms with E-state index in [1.54, 1.807) is 0 Å². The first-order chi connectivity index (χ1) is 14.5.